The topological polar surface area (TPSA) is 0 Å². The summed E-state index contributed by atoms with van der Waals surface area (Å²) >= 11 is 0. The van der Waals surface area contributed by atoms with Crippen LogP contribution in [0.2, 0.25) is 0 Å². The average Bonchev–Trinajstić information content (AvgIpc) is 0.880. The Bertz CT molecular complexity index is 3790. The molecule has 0 unspecified atom stereocenters. The van der Waals surface area contributed by atoms with E-state index in [0.717, 1.165) is 62.5 Å². The van der Waals surface area contributed by atoms with Crippen LogP contribution >= 0.6 is 0 Å². The van der Waals surface area contributed by atoms with Crippen molar-refractivity contribution < 1.29 is 294 Å². The van der Waals surface area contributed by atoms with Gasteiger partial charge in [0.1, 0.15) is 0 Å². The third kappa shape index (κ3) is 152. The van der Waals surface area contributed by atoms with Crippen LogP contribution in [-0.4, -0.2) is 0 Å². The standard InChI is InChI=1S/C12H8.3C10H8.6C8H8.C6H6.2C4H6.8C2H6.10C2H4.9Y/c1-3-7-11(8-4-1)12-9-5-2-6-10-12;3*1-2-6-10-8-4-3-7-9(10)5-1;6*1-2-8-6-4-3-5-7-8;1-2-4-6-5-3-1;2*1-3-4-2;18*1-2;;;;;;;;;/h1-7,9H;3*1-8H;6*3-6H,1-2H2;1-6H;2*1,3H,2,4H2;8*1-2H3;10*1-2H2;;;;;;;;;/q-2;;;;6*-2;;2*-2;;;;;;;;;;;;;;;;;;;;;;;;;;;. The van der Waals surface area contributed by atoms with Crippen molar-refractivity contribution in [1.82, 2.24) is 0 Å². The first-order valence-electron chi connectivity index (χ1n) is 47.7. The van der Waals surface area contributed by atoms with Crippen molar-refractivity contribution >= 4 is 32.3 Å². The van der Waals surface area contributed by atoms with Crippen LogP contribution in [0, 0.1) is 117 Å². The summed E-state index contributed by atoms with van der Waals surface area (Å²) in [5, 5.41) is 7.86. The minimum atomic E-state index is 0. The first-order valence-corrected chi connectivity index (χ1v) is 47.7. The third-order valence-electron chi connectivity index (χ3n) is 13.9. The normalized spacial score (nSPS) is 6.98. The molecular weight excluding hydrogens is 2480 g/mol. The van der Waals surface area contributed by atoms with Crippen LogP contribution in [0.4, 0.5) is 0 Å². The Labute approximate surface area is 1150 Å². The van der Waals surface area contributed by atoms with Crippen molar-refractivity contribution in [3.05, 3.63) is 670 Å². The number of hydrogen-bond acceptors (Lipinski definition) is 0. The average molecular weight is 2670 g/mol. The molecule has 149 heavy (non-hydrogen) atoms. The molecule has 0 saturated carbocycles. The largest absolute Gasteiger partial charge is 0.520 e. The zero-order valence-corrected chi connectivity index (χ0v) is 121. The number of allylic oxidation sites excluding steroid dienone is 2. The van der Waals surface area contributed by atoms with Gasteiger partial charge < -0.3 is 80.7 Å². The molecule has 0 aromatic heterocycles. The van der Waals surface area contributed by atoms with Gasteiger partial charge in [-0.2, -0.15) is 315 Å². The molecule has 15 aromatic carbocycles. The summed E-state index contributed by atoms with van der Waals surface area (Å²) in [4.78, 5) is 0. The summed E-state index contributed by atoms with van der Waals surface area (Å²) in [5.41, 5.74) is 9.23. The van der Waals surface area contributed by atoms with Gasteiger partial charge in [-0.3, -0.25) is 0 Å². The fourth-order valence-electron chi connectivity index (χ4n) is 8.42. The van der Waals surface area contributed by atoms with Crippen LogP contribution in [0.25, 0.3) is 43.4 Å². The van der Waals surface area contributed by atoms with Crippen LogP contribution in [0.3, 0.4) is 0 Å². The van der Waals surface area contributed by atoms with E-state index in [1.165, 1.54) is 77.9 Å². The smallest absolute Gasteiger partial charge is 0 e. The van der Waals surface area contributed by atoms with E-state index in [9.17, 15) is 0 Å². The van der Waals surface area contributed by atoms with E-state index >= 15 is 0 Å². The molecule has 9 heteroatoms. The molecule has 0 heterocycles. The maximum atomic E-state index is 4.84. The minimum absolute atomic E-state index is 0. The van der Waals surface area contributed by atoms with Gasteiger partial charge in [0.2, 0.25) is 0 Å². The molecule has 0 nitrogen and oxygen atoms in total. The zero-order valence-electron chi connectivity index (χ0n) is 95.8. The van der Waals surface area contributed by atoms with Crippen LogP contribution in [0.1, 0.15) is 157 Å². The molecule has 0 aliphatic rings. The van der Waals surface area contributed by atoms with Gasteiger partial charge in [-0.25, -0.2) is 11.1 Å². The van der Waals surface area contributed by atoms with Gasteiger partial charge in [-0.15, -0.1) is 144 Å². The first kappa shape index (κ1) is 209. The van der Waals surface area contributed by atoms with Crippen molar-refractivity contribution in [3.63, 3.8) is 0 Å². The SMILES string of the molecule is C=C.C=C.C=C.C=C.C=C.C=C.C=C.C=C.C=C.C=C.CC.CC.CC.CC.CC.CC.CC.CC.[CH-]=CC[CH2-].[CH-]=CC[CH2-].[CH2-]Cc1[c-]cccc1.[CH2-]Cc1[c-]cccc1.[CH2-]Cc1[c-]cccc1.[CH2-]Cc1[c-]cccc1.[CH2-]Cc1[c-]cccc1.[CH2-]Cc1[c-]cccc1.[Y].[Y].[Y].[Y].[Y].[Y].[Y].[Y].[Y].[c-]1ccccc1-c1[c-]cccc1.c1ccc2ccccc2c1.c1ccc2ccccc2c1.c1ccc2ccccc2c1.c1ccccc1. The van der Waals surface area contributed by atoms with E-state index in [-0.39, 0.29) is 294 Å². The summed E-state index contributed by atoms with van der Waals surface area (Å²) in [6, 6.07) is 150. The van der Waals surface area contributed by atoms with Gasteiger partial charge >= 0.3 is 0 Å². The van der Waals surface area contributed by atoms with Crippen molar-refractivity contribution in [1.29, 1.82) is 0 Å². The molecule has 15 rings (SSSR count). The third-order valence-corrected chi connectivity index (χ3v) is 13.9. The van der Waals surface area contributed by atoms with Gasteiger partial charge in [0.25, 0.3) is 0 Å². The number of hydrogen-bond donors (Lipinski definition) is 0. The van der Waals surface area contributed by atoms with Crippen molar-refractivity contribution in [2.45, 2.75) is 162 Å². The summed E-state index contributed by atoms with van der Waals surface area (Å²) in [5.74, 6) is 0. The molecule has 0 aliphatic carbocycles. The fraction of sp³-hybridized carbons (Fsp3) is 0.171. The van der Waals surface area contributed by atoms with Crippen LogP contribution in [-0.2, 0) is 333 Å². The molecule has 0 bridgehead atoms. The Hall–Kier alpha value is -4.10. The van der Waals surface area contributed by atoms with Crippen molar-refractivity contribution in [2.24, 2.45) is 0 Å². The summed E-state index contributed by atoms with van der Waals surface area (Å²) in [6.07, 6.45) is 9.48. The fourth-order valence-corrected chi connectivity index (χ4v) is 8.42. The van der Waals surface area contributed by atoms with Crippen LogP contribution in [0.5, 0.6) is 0 Å². The predicted octanol–water partition coefficient (Wildman–Crippen LogP) is 42.9. The van der Waals surface area contributed by atoms with E-state index in [2.05, 4.69) is 381 Å². The summed E-state index contributed by atoms with van der Waals surface area (Å²) < 4.78 is 0. The van der Waals surface area contributed by atoms with Gasteiger partial charge in [-0.05, 0) is 32.3 Å². The molecule has 0 fully saturated rings. The van der Waals surface area contributed by atoms with Crippen LogP contribution < -0.4 is 0 Å². The number of rotatable bonds is 9. The number of benzene rings is 15. The molecule has 0 saturated heterocycles. The molecule has 0 aliphatic heterocycles. The van der Waals surface area contributed by atoms with Crippen molar-refractivity contribution in [2.75, 3.05) is 0 Å². The Morgan fingerprint density at radius 2 is 0.255 bits per heavy atom. The molecule has 791 valence electrons. The maximum absolute atomic E-state index is 4.84. The van der Waals surface area contributed by atoms with E-state index in [1.807, 2.05) is 341 Å². The number of fused-ring (bicyclic) bond motifs is 3. The Balaban J connectivity index is -0.0000000474. The second-order valence-corrected chi connectivity index (χ2v) is 21.6. The zero-order chi connectivity index (χ0) is 111. The van der Waals surface area contributed by atoms with Gasteiger partial charge in [-0.1, -0.05) is 293 Å². The summed E-state index contributed by atoms with van der Waals surface area (Å²) in [7, 11) is 0. The molecular formula is C140H186Y9-18. The van der Waals surface area contributed by atoms with Gasteiger partial charge in [0.05, 0.1) is 0 Å². The molecule has 0 spiro atoms. The molecule has 0 amide bonds. The quantitative estimate of drug-likeness (QED) is 0.0998. The Morgan fingerprint density at radius 3 is 0.322 bits per heavy atom. The van der Waals surface area contributed by atoms with Crippen molar-refractivity contribution in [3.8, 4) is 11.1 Å². The second kappa shape index (κ2) is 211. The second-order valence-electron chi connectivity index (χ2n) is 21.6. The van der Waals surface area contributed by atoms with Crippen LogP contribution in [0.15, 0.2) is 520 Å². The van der Waals surface area contributed by atoms with Gasteiger partial charge in [0, 0.05) is 294 Å². The van der Waals surface area contributed by atoms with E-state index < -0.39 is 0 Å². The Morgan fingerprint density at radius 1 is 0.161 bits per heavy atom. The molecule has 15 aromatic rings. The monoisotopic (exact) mass is 2670 g/mol. The maximum Gasteiger partial charge on any atom is 0 e. The molecule has 9 radical (unpaired) electrons. The Kier molecular flexibility index (Phi) is 296. The van der Waals surface area contributed by atoms with E-state index in [1.54, 1.807) is 0 Å². The van der Waals surface area contributed by atoms with Gasteiger partial charge in [0.15, 0.2) is 0 Å². The first-order chi connectivity index (χ1) is 69.3. The minimum Gasteiger partial charge on any atom is -0.520 e. The van der Waals surface area contributed by atoms with E-state index in [4.69, 9.17) is 13.2 Å². The summed E-state index contributed by atoms with van der Waals surface area (Å²) in [6.45, 7) is 131. The molecule has 0 atom stereocenters. The predicted molar refractivity (Wildman–Crippen MR) is 655 cm³/mol. The molecule has 0 N–H and O–H groups in total. The van der Waals surface area contributed by atoms with E-state index in [0.29, 0.717) is 0 Å².